The van der Waals surface area contributed by atoms with E-state index in [-0.39, 0.29) is 5.91 Å². The lowest BCUT2D eigenvalue weighted by molar-refractivity contribution is 0.0955. The van der Waals surface area contributed by atoms with Crippen LogP contribution >= 0.6 is 15.9 Å². The number of amides is 1. The number of hydrazone groups is 1. The molecule has 0 atom stereocenters. The number of fused-ring (bicyclic) bond motifs is 1. The number of benzene rings is 4. The van der Waals surface area contributed by atoms with Crippen molar-refractivity contribution in [1.29, 1.82) is 0 Å². The van der Waals surface area contributed by atoms with Gasteiger partial charge in [0.25, 0.3) is 5.91 Å². The molecule has 7 heteroatoms. The zero-order valence-electron chi connectivity index (χ0n) is 20.2. The first kappa shape index (κ1) is 25.3. The van der Waals surface area contributed by atoms with E-state index in [0.29, 0.717) is 42.6 Å². The number of carbonyl (C=O) groups excluding carboxylic acids is 1. The molecule has 0 radical (unpaired) electrons. The maximum atomic E-state index is 12.4. The van der Waals surface area contributed by atoms with Crippen molar-refractivity contribution < 1.29 is 19.0 Å². The first-order valence-corrected chi connectivity index (χ1v) is 12.5. The van der Waals surface area contributed by atoms with Crippen molar-refractivity contribution in [3.8, 4) is 17.2 Å². The standard InChI is InChI=1S/C29H27BrN2O4/c1-3-34-24-14-12-22(13-15-24)29(33)32-31-18-20-16-26(30)28(27(17-20)35-4-2)36-19-23-10-7-9-21-8-5-6-11-25(21)23/h5-18H,3-4,19H2,1-2H3,(H,32,33)/b31-18+. The molecule has 0 fully saturated rings. The van der Waals surface area contributed by atoms with Crippen LogP contribution in [0.15, 0.2) is 88.4 Å². The molecule has 1 amide bonds. The molecule has 0 aliphatic rings. The Bertz CT molecular complexity index is 1360. The minimum absolute atomic E-state index is 0.312. The van der Waals surface area contributed by atoms with Gasteiger partial charge < -0.3 is 14.2 Å². The summed E-state index contributed by atoms with van der Waals surface area (Å²) in [6.07, 6.45) is 1.56. The van der Waals surface area contributed by atoms with Gasteiger partial charge in [-0.1, -0.05) is 42.5 Å². The Morgan fingerprint density at radius 1 is 0.917 bits per heavy atom. The fraction of sp³-hybridized carbons (Fsp3) is 0.172. The fourth-order valence-corrected chi connectivity index (χ4v) is 4.31. The van der Waals surface area contributed by atoms with E-state index in [1.54, 1.807) is 30.5 Å². The molecule has 184 valence electrons. The molecule has 0 unspecified atom stereocenters. The molecule has 0 spiro atoms. The molecule has 0 aromatic heterocycles. The van der Waals surface area contributed by atoms with Crippen molar-refractivity contribution >= 4 is 38.8 Å². The van der Waals surface area contributed by atoms with Crippen LogP contribution in [0.5, 0.6) is 17.2 Å². The van der Waals surface area contributed by atoms with Crippen molar-refractivity contribution in [3.63, 3.8) is 0 Å². The summed E-state index contributed by atoms with van der Waals surface area (Å²) in [5, 5.41) is 6.43. The predicted molar refractivity (Wildman–Crippen MR) is 146 cm³/mol. The monoisotopic (exact) mass is 546 g/mol. The number of nitrogens with one attached hydrogen (secondary N) is 1. The molecule has 0 aliphatic carbocycles. The van der Waals surface area contributed by atoms with Crippen molar-refractivity contribution in [2.45, 2.75) is 20.5 Å². The first-order valence-electron chi connectivity index (χ1n) is 11.7. The molecule has 4 rings (SSSR count). The van der Waals surface area contributed by atoms with Crippen LogP contribution in [-0.4, -0.2) is 25.3 Å². The Labute approximate surface area is 219 Å². The summed E-state index contributed by atoms with van der Waals surface area (Å²) >= 11 is 3.60. The number of hydrogen-bond acceptors (Lipinski definition) is 5. The normalized spacial score (nSPS) is 11.0. The smallest absolute Gasteiger partial charge is 0.271 e. The van der Waals surface area contributed by atoms with Gasteiger partial charge in [0.1, 0.15) is 12.4 Å². The van der Waals surface area contributed by atoms with Gasteiger partial charge in [0.2, 0.25) is 0 Å². The molecule has 36 heavy (non-hydrogen) atoms. The number of rotatable bonds is 10. The molecular weight excluding hydrogens is 520 g/mol. The van der Waals surface area contributed by atoms with Crippen LogP contribution in [0.1, 0.15) is 35.3 Å². The van der Waals surface area contributed by atoms with E-state index in [0.717, 1.165) is 21.0 Å². The van der Waals surface area contributed by atoms with Crippen LogP contribution in [0.2, 0.25) is 0 Å². The van der Waals surface area contributed by atoms with Gasteiger partial charge >= 0.3 is 0 Å². The Morgan fingerprint density at radius 3 is 2.44 bits per heavy atom. The third kappa shape index (κ3) is 6.23. The predicted octanol–water partition coefficient (Wildman–Crippen LogP) is 6.74. The van der Waals surface area contributed by atoms with Crippen LogP contribution in [0, 0.1) is 0 Å². The van der Waals surface area contributed by atoms with Gasteiger partial charge in [0, 0.05) is 5.56 Å². The highest BCUT2D eigenvalue weighted by Crippen LogP contribution is 2.37. The maximum absolute atomic E-state index is 12.4. The van der Waals surface area contributed by atoms with Crippen LogP contribution in [-0.2, 0) is 6.61 Å². The lowest BCUT2D eigenvalue weighted by Gasteiger charge is -2.15. The van der Waals surface area contributed by atoms with E-state index < -0.39 is 0 Å². The number of ether oxygens (including phenoxy) is 3. The number of nitrogens with zero attached hydrogens (tertiary/aromatic N) is 1. The third-order valence-corrected chi connectivity index (χ3v) is 5.98. The van der Waals surface area contributed by atoms with Crippen molar-refractivity contribution in [3.05, 3.63) is 100 Å². The lowest BCUT2D eigenvalue weighted by Crippen LogP contribution is -2.17. The van der Waals surface area contributed by atoms with Crippen LogP contribution in [0.25, 0.3) is 10.8 Å². The van der Waals surface area contributed by atoms with Crippen molar-refractivity contribution in [2.75, 3.05) is 13.2 Å². The van der Waals surface area contributed by atoms with Gasteiger partial charge in [-0.3, -0.25) is 4.79 Å². The second-order valence-corrected chi connectivity index (χ2v) is 8.70. The van der Waals surface area contributed by atoms with Gasteiger partial charge in [0.15, 0.2) is 11.5 Å². The van der Waals surface area contributed by atoms with Gasteiger partial charge in [-0.15, -0.1) is 0 Å². The molecule has 1 N–H and O–H groups in total. The fourth-order valence-electron chi connectivity index (χ4n) is 3.73. The zero-order valence-corrected chi connectivity index (χ0v) is 21.7. The summed E-state index contributed by atoms with van der Waals surface area (Å²) < 4.78 is 18.2. The average molecular weight is 547 g/mol. The van der Waals surface area contributed by atoms with Crippen molar-refractivity contribution in [2.24, 2.45) is 5.10 Å². The highest BCUT2D eigenvalue weighted by atomic mass is 79.9. The molecule has 4 aromatic rings. The van der Waals surface area contributed by atoms with Gasteiger partial charge in [0.05, 0.1) is 23.9 Å². The molecule has 6 nitrogen and oxygen atoms in total. The molecular formula is C29H27BrN2O4. The summed E-state index contributed by atoms with van der Waals surface area (Å²) in [6, 6.07) is 25.0. The number of halogens is 1. The maximum Gasteiger partial charge on any atom is 0.271 e. The van der Waals surface area contributed by atoms with Crippen LogP contribution < -0.4 is 19.6 Å². The van der Waals surface area contributed by atoms with E-state index >= 15 is 0 Å². The molecule has 0 saturated carbocycles. The SMILES string of the molecule is CCOc1ccc(C(=O)N/N=C/c2cc(Br)c(OCc3cccc4ccccc34)c(OCC)c2)cc1. The molecule has 0 aliphatic heterocycles. The van der Waals surface area contributed by atoms with E-state index in [1.807, 2.05) is 44.2 Å². The summed E-state index contributed by atoms with van der Waals surface area (Å²) in [6.45, 7) is 5.27. The second kappa shape index (κ2) is 12.2. The average Bonchev–Trinajstić information content (AvgIpc) is 2.89. The van der Waals surface area contributed by atoms with E-state index in [9.17, 15) is 4.79 Å². The summed E-state index contributed by atoms with van der Waals surface area (Å²) in [5.74, 6) is 1.61. The second-order valence-electron chi connectivity index (χ2n) is 7.85. The molecule has 0 heterocycles. The molecule has 0 bridgehead atoms. The Morgan fingerprint density at radius 2 is 1.67 bits per heavy atom. The minimum atomic E-state index is -0.312. The highest BCUT2D eigenvalue weighted by Gasteiger charge is 2.13. The Kier molecular flexibility index (Phi) is 8.57. The largest absolute Gasteiger partial charge is 0.494 e. The van der Waals surface area contributed by atoms with Crippen molar-refractivity contribution in [1.82, 2.24) is 5.43 Å². The summed E-state index contributed by atoms with van der Waals surface area (Å²) in [4.78, 5) is 12.4. The summed E-state index contributed by atoms with van der Waals surface area (Å²) in [5.41, 5.74) is 4.87. The Hall–Kier alpha value is -3.84. The van der Waals surface area contributed by atoms with Gasteiger partial charge in [-0.05, 0) is 88.1 Å². The van der Waals surface area contributed by atoms with E-state index in [2.05, 4.69) is 50.7 Å². The zero-order chi connectivity index (χ0) is 25.3. The number of hydrogen-bond donors (Lipinski definition) is 1. The molecule has 4 aromatic carbocycles. The lowest BCUT2D eigenvalue weighted by atomic mass is 10.1. The minimum Gasteiger partial charge on any atom is -0.494 e. The van der Waals surface area contributed by atoms with E-state index in [1.165, 1.54) is 5.39 Å². The van der Waals surface area contributed by atoms with Gasteiger partial charge in [-0.25, -0.2) is 5.43 Å². The topological polar surface area (TPSA) is 69.2 Å². The van der Waals surface area contributed by atoms with Crippen LogP contribution in [0.4, 0.5) is 0 Å². The quantitative estimate of drug-likeness (QED) is 0.176. The first-order chi connectivity index (χ1) is 17.6. The Balaban J connectivity index is 1.46. The van der Waals surface area contributed by atoms with Gasteiger partial charge in [-0.2, -0.15) is 5.10 Å². The van der Waals surface area contributed by atoms with Crippen LogP contribution in [0.3, 0.4) is 0 Å². The third-order valence-electron chi connectivity index (χ3n) is 5.39. The molecule has 0 saturated heterocycles. The summed E-state index contributed by atoms with van der Waals surface area (Å²) in [7, 11) is 0. The van der Waals surface area contributed by atoms with E-state index in [4.69, 9.17) is 14.2 Å². The highest BCUT2D eigenvalue weighted by molar-refractivity contribution is 9.10. The number of carbonyl (C=O) groups is 1.